The number of nitrogens with zero attached hydrogens (tertiary/aromatic N) is 2. The zero-order chi connectivity index (χ0) is 25.0. The third-order valence-corrected chi connectivity index (χ3v) is 6.60. The molecule has 1 aromatic heterocycles. The van der Waals surface area contributed by atoms with Gasteiger partial charge in [0.25, 0.3) is 5.91 Å². The summed E-state index contributed by atoms with van der Waals surface area (Å²) in [4.78, 5) is 32.3. The molecule has 2 heterocycles. The molecule has 5 rings (SSSR count). The predicted octanol–water partition coefficient (Wildman–Crippen LogP) is 4.46. The van der Waals surface area contributed by atoms with Crippen molar-refractivity contribution in [1.29, 1.82) is 0 Å². The van der Waals surface area contributed by atoms with Crippen LogP contribution in [-0.2, 0) is 10.3 Å². The lowest BCUT2D eigenvalue weighted by Gasteiger charge is -2.39. The van der Waals surface area contributed by atoms with Crippen molar-refractivity contribution >= 4 is 11.9 Å². The van der Waals surface area contributed by atoms with Gasteiger partial charge in [-0.3, -0.25) is 9.78 Å². The van der Waals surface area contributed by atoms with E-state index < -0.39 is 23.7 Å². The highest BCUT2D eigenvalue weighted by Crippen LogP contribution is 2.41. The molecular weight excluding hydrogens is 452 g/mol. The summed E-state index contributed by atoms with van der Waals surface area (Å²) in [7, 11) is 0. The van der Waals surface area contributed by atoms with E-state index in [4.69, 9.17) is 4.74 Å². The van der Waals surface area contributed by atoms with Crippen LogP contribution in [0.1, 0.15) is 38.4 Å². The molecule has 6 heteroatoms. The number of rotatable bonds is 6. The van der Waals surface area contributed by atoms with Gasteiger partial charge in [-0.2, -0.15) is 0 Å². The molecule has 0 radical (unpaired) electrons. The van der Waals surface area contributed by atoms with Crippen LogP contribution < -0.4 is 0 Å². The molecule has 1 saturated heterocycles. The van der Waals surface area contributed by atoms with Crippen molar-refractivity contribution in [2.24, 2.45) is 0 Å². The third-order valence-electron chi connectivity index (χ3n) is 6.60. The summed E-state index contributed by atoms with van der Waals surface area (Å²) in [6.45, 7) is 0.140. The molecule has 0 saturated carbocycles. The maximum atomic E-state index is 13.7. The minimum Gasteiger partial charge on any atom is -0.457 e. The van der Waals surface area contributed by atoms with Crippen LogP contribution in [0, 0.1) is 0 Å². The lowest BCUT2D eigenvalue weighted by molar-refractivity contribution is -0.00171. The summed E-state index contributed by atoms with van der Waals surface area (Å²) in [6, 6.07) is 31.8. The highest BCUT2D eigenvalue weighted by Gasteiger charge is 2.51. The van der Waals surface area contributed by atoms with Crippen LogP contribution in [0.15, 0.2) is 115 Å². The Morgan fingerprint density at radius 1 is 0.806 bits per heavy atom. The van der Waals surface area contributed by atoms with Gasteiger partial charge >= 0.3 is 5.97 Å². The van der Waals surface area contributed by atoms with Crippen LogP contribution in [0.4, 0.5) is 0 Å². The molecule has 1 amide bonds. The zero-order valence-electron chi connectivity index (χ0n) is 19.6. The van der Waals surface area contributed by atoms with Crippen molar-refractivity contribution < 1.29 is 19.4 Å². The number of hydrogen-bond acceptors (Lipinski definition) is 5. The van der Waals surface area contributed by atoms with Gasteiger partial charge < -0.3 is 14.7 Å². The SMILES string of the molecule is O=C(O[C@@H]1C[C@@H](C(O)(c2ccccc2)c2ccccc2)N(C(=O)c2ccccn2)C1)c1ccccc1. The summed E-state index contributed by atoms with van der Waals surface area (Å²) in [5, 5.41) is 12.4. The van der Waals surface area contributed by atoms with Crippen molar-refractivity contribution in [2.45, 2.75) is 24.2 Å². The zero-order valence-corrected chi connectivity index (χ0v) is 19.6. The van der Waals surface area contributed by atoms with Gasteiger partial charge in [0.05, 0.1) is 18.2 Å². The second-order valence-electron chi connectivity index (χ2n) is 8.82. The molecule has 2 atom stereocenters. The van der Waals surface area contributed by atoms with Crippen LogP contribution in [-0.4, -0.2) is 45.6 Å². The molecule has 4 aromatic rings. The highest BCUT2D eigenvalue weighted by molar-refractivity contribution is 5.93. The fourth-order valence-corrected chi connectivity index (χ4v) is 4.87. The summed E-state index contributed by atoms with van der Waals surface area (Å²) >= 11 is 0. The maximum Gasteiger partial charge on any atom is 0.338 e. The number of carbonyl (C=O) groups is 2. The number of hydrogen-bond donors (Lipinski definition) is 1. The summed E-state index contributed by atoms with van der Waals surface area (Å²) in [6.07, 6.45) is 1.22. The molecule has 6 nitrogen and oxygen atoms in total. The molecule has 0 aliphatic carbocycles. The minimum absolute atomic E-state index is 0.140. The Bertz CT molecular complexity index is 1270. The molecule has 0 bridgehead atoms. The number of pyridine rings is 1. The van der Waals surface area contributed by atoms with Gasteiger partial charge in [0.15, 0.2) is 0 Å². The Morgan fingerprint density at radius 3 is 1.92 bits per heavy atom. The normalized spacial score (nSPS) is 17.5. The molecule has 1 N–H and O–H groups in total. The van der Waals surface area contributed by atoms with Gasteiger partial charge in [0.2, 0.25) is 0 Å². The fourth-order valence-electron chi connectivity index (χ4n) is 4.87. The second kappa shape index (κ2) is 10.1. The van der Waals surface area contributed by atoms with Gasteiger partial charge in [-0.1, -0.05) is 84.9 Å². The van der Waals surface area contributed by atoms with Crippen molar-refractivity contribution in [3.05, 3.63) is 138 Å². The Kier molecular flexibility index (Phi) is 6.60. The Hall–Kier alpha value is -4.29. The standard InChI is InChI=1S/C30H26N2O4/c33-28(26-18-10-11-19-31-26)32-21-25(36-29(34)22-12-4-1-5-13-22)20-27(32)30(35,23-14-6-2-7-15-23)24-16-8-3-9-17-24/h1-19,25,27,35H,20-21H2/t25-,27+/m1/s1. The number of likely N-dealkylation sites (tertiary alicyclic amines) is 1. The van der Waals surface area contributed by atoms with Crippen LogP contribution in [0.25, 0.3) is 0 Å². The molecule has 1 fully saturated rings. The van der Waals surface area contributed by atoms with Gasteiger partial charge in [0, 0.05) is 12.6 Å². The molecule has 36 heavy (non-hydrogen) atoms. The van der Waals surface area contributed by atoms with Crippen LogP contribution in [0.2, 0.25) is 0 Å². The van der Waals surface area contributed by atoms with Crippen molar-refractivity contribution in [2.75, 3.05) is 6.54 Å². The third kappa shape index (κ3) is 4.51. The van der Waals surface area contributed by atoms with Crippen LogP contribution in [0.5, 0.6) is 0 Å². The van der Waals surface area contributed by atoms with Crippen molar-refractivity contribution in [3.63, 3.8) is 0 Å². The number of amides is 1. The van der Waals surface area contributed by atoms with Crippen molar-refractivity contribution in [1.82, 2.24) is 9.88 Å². The number of aromatic nitrogens is 1. The van der Waals surface area contributed by atoms with E-state index in [2.05, 4.69) is 4.98 Å². The van der Waals surface area contributed by atoms with Crippen molar-refractivity contribution in [3.8, 4) is 0 Å². The van der Waals surface area contributed by atoms with E-state index in [1.165, 1.54) is 0 Å². The summed E-state index contributed by atoms with van der Waals surface area (Å²) in [5.74, 6) is -0.793. The Balaban J connectivity index is 1.55. The monoisotopic (exact) mass is 478 g/mol. The Labute approximate surface area is 209 Å². The van der Waals surface area contributed by atoms with Gasteiger partial charge in [0.1, 0.15) is 17.4 Å². The number of esters is 1. The van der Waals surface area contributed by atoms with Gasteiger partial charge in [-0.25, -0.2) is 4.79 Å². The van der Waals surface area contributed by atoms with Gasteiger partial charge in [-0.05, 0) is 35.4 Å². The van der Waals surface area contributed by atoms with Gasteiger partial charge in [-0.15, -0.1) is 0 Å². The van der Waals surface area contributed by atoms with E-state index in [9.17, 15) is 14.7 Å². The maximum absolute atomic E-state index is 13.7. The van der Waals surface area contributed by atoms with E-state index in [0.29, 0.717) is 16.7 Å². The lowest BCUT2D eigenvalue weighted by Crippen LogP contribution is -2.50. The number of benzene rings is 3. The van der Waals surface area contributed by atoms with Crippen LogP contribution in [0.3, 0.4) is 0 Å². The van der Waals surface area contributed by atoms with E-state index in [1.54, 1.807) is 53.6 Å². The molecule has 0 unspecified atom stereocenters. The van der Waals surface area contributed by atoms with E-state index in [1.807, 2.05) is 66.7 Å². The average molecular weight is 479 g/mol. The van der Waals surface area contributed by atoms with E-state index in [0.717, 1.165) is 0 Å². The minimum atomic E-state index is -1.54. The number of carbonyl (C=O) groups excluding carboxylic acids is 2. The molecule has 1 aliphatic rings. The quantitative estimate of drug-likeness (QED) is 0.414. The second-order valence-corrected chi connectivity index (χ2v) is 8.82. The molecule has 180 valence electrons. The fraction of sp³-hybridized carbons (Fsp3) is 0.167. The van der Waals surface area contributed by atoms with E-state index in [-0.39, 0.29) is 24.6 Å². The molecule has 0 spiro atoms. The largest absolute Gasteiger partial charge is 0.457 e. The smallest absolute Gasteiger partial charge is 0.338 e. The lowest BCUT2D eigenvalue weighted by atomic mass is 9.78. The first kappa shape index (κ1) is 23.5. The number of ether oxygens (including phenoxy) is 1. The molecule has 1 aliphatic heterocycles. The summed E-state index contributed by atoms with van der Waals surface area (Å²) in [5.41, 5.74) is 0.456. The van der Waals surface area contributed by atoms with Crippen LogP contribution >= 0.6 is 0 Å². The molecular formula is C30H26N2O4. The topological polar surface area (TPSA) is 79.7 Å². The summed E-state index contributed by atoms with van der Waals surface area (Å²) < 4.78 is 5.85. The highest BCUT2D eigenvalue weighted by atomic mass is 16.5. The Morgan fingerprint density at radius 2 is 1.36 bits per heavy atom. The first-order valence-corrected chi connectivity index (χ1v) is 11.9. The first-order valence-electron chi connectivity index (χ1n) is 11.9. The average Bonchev–Trinajstić information content (AvgIpc) is 3.38. The van der Waals surface area contributed by atoms with E-state index >= 15 is 0 Å². The molecule has 3 aromatic carbocycles. The number of aliphatic hydroxyl groups is 1. The first-order chi connectivity index (χ1) is 17.6. The predicted molar refractivity (Wildman–Crippen MR) is 135 cm³/mol.